The Morgan fingerprint density at radius 3 is 1.76 bits per heavy atom. The number of carbonyl (C=O) groups excluding carboxylic acids is 1. The van der Waals surface area contributed by atoms with Crippen LogP contribution in [0.3, 0.4) is 0 Å². The van der Waals surface area contributed by atoms with Crippen LogP contribution < -0.4 is 5.32 Å². The van der Waals surface area contributed by atoms with Crippen molar-refractivity contribution < 1.29 is 26.4 Å². The van der Waals surface area contributed by atoms with E-state index in [-0.39, 0.29) is 0 Å². The van der Waals surface area contributed by atoms with Crippen molar-refractivity contribution >= 4 is 15.7 Å². The number of amides is 1. The maximum absolute atomic E-state index is 11.0. The van der Waals surface area contributed by atoms with Gasteiger partial charge in [0.2, 0.25) is 15.7 Å². The lowest BCUT2D eigenvalue weighted by atomic mass is 10.4. The minimum atomic E-state index is -4.58. The van der Waals surface area contributed by atoms with Crippen LogP contribution in [0.1, 0.15) is 6.92 Å². The summed E-state index contributed by atoms with van der Waals surface area (Å²) in [4.78, 5) is 10.6. The normalized spacial score (nSPS) is 15.1. The van der Waals surface area contributed by atoms with Gasteiger partial charge in [-0.2, -0.15) is 13.2 Å². The summed E-state index contributed by atoms with van der Waals surface area (Å²) < 4.78 is 54.4. The molecule has 1 aromatic rings. The molecular weight excluding hydrogens is 259 g/mol. The first-order valence-corrected chi connectivity index (χ1v) is 5.82. The van der Waals surface area contributed by atoms with E-state index in [0.29, 0.717) is 9.79 Å². The van der Waals surface area contributed by atoms with Gasteiger partial charge in [0.05, 0.1) is 9.79 Å². The third-order valence-corrected chi connectivity index (χ3v) is 3.37. The first-order valence-electron chi connectivity index (χ1n) is 4.34. The molecule has 0 fully saturated rings. The molecule has 0 radical (unpaired) electrons. The Hall–Kier alpha value is -1.57. The third kappa shape index (κ3) is 3.74. The molecule has 4 nitrogen and oxygen atoms in total. The van der Waals surface area contributed by atoms with Crippen LogP contribution in [0, 0.1) is 0 Å². The van der Waals surface area contributed by atoms with Crippen molar-refractivity contribution in [3.05, 3.63) is 24.3 Å². The number of fused-ring (bicyclic) bond motifs is 1. The van der Waals surface area contributed by atoms with E-state index in [0.717, 1.165) is 12.2 Å². The van der Waals surface area contributed by atoms with Crippen LogP contribution in [0.15, 0.2) is 34.1 Å². The number of hydrogen-bond acceptors (Lipinski definition) is 3. The van der Waals surface area contributed by atoms with Crippen LogP contribution in [0.5, 0.6) is 0 Å². The van der Waals surface area contributed by atoms with Crippen molar-refractivity contribution in [1.82, 2.24) is 5.32 Å². The second-order valence-electron chi connectivity index (χ2n) is 3.13. The van der Waals surface area contributed by atoms with Gasteiger partial charge in [-0.3, -0.25) is 10.1 Å². The van der Waals surface area contributed by atoms with Crippen LogP contribution in [0.25, 0.3) is 0 Å². The summed E-state index contributed by atoms with van der Waals surface area (Å²) in [6, 6.07) is 6.68. The highest BCUT2D eigenvalue weighted by Gasteiger charge is 2.37. The van der Waals surface area contributed by atoms with Gasteiger partial charge in [-0.05, 0) is 12.1 Å². The molecule has 1 amide bonds. The van der Waals surface area contributed by atoms with Gasteiger partial charge in [0.1, 0.15) is 0 Å². The van der Waals surface area contributed by atoms with Crippen molar-refractivity contribution in [2.75, 3.05) is 0 Å². The molecule has 2 rings (SSSR count). The zero-order chi connectivity index (χ0) is 13.3. The molecule has 0 saturated heterocycles. The lowest BCUT2D eigenvalue weighted by molar-refractivity contribution is -0.168. The smallest absolute Gasteiger partial charge is 0.275 e. The van der Waals surface area contributed by atoms with E-state index in [1.54, 1.807) is 24.3 Å². The molecule has 8 heteroatoms. The number of alkyl halides is 3. The fourth-order valence-electron chi connectivity index (χ4n) is 1.05. The van der Waals surface area contributed by atoms with Crippen LogP contribution in [0.4, 0.5) is 13.2 Å². The van der Waals surface area contributed by atoms with Gasteiger partial charge in [-0.1, -0.05) is 12.1 Å². The molecule has 0 atom stereocenters. The standard InChI is InChI=1S/C6H4O2S.C3H4F3NO/c7-9(8)5-3-1-2-4-6(5)9;1-2(8)7-3(4,5)6/h1-4H;1H3,(H,7,8). The summed E-state index contributed by atoms with van der Waals surface area (Å²) in [5.41, 5.74) is 0. The minimum Gasteiger partial charge on any atom is -0.275 e. The molecule has 0 bridgehead atoms. The molecule has 0 aliphatic carbocycles. The number of hydrogen-bond donors (Lipinski definition) is 1. The molecule has 1 heterocycles. The molecule has 1 aromatic carbocycles. The Morgan fingerprint density at radius 1 is 1.18 bits per heavy atom. The monoisotopic (exact) mass is 267 g/mol. The third-order valence-electron chi connectivity index (χ3n) is 1.70. The maximum atomic E-state index is 11.0. The lowest BCUT2D eigenvalue weighted by Crippen LogP contribution is -2.35. The number of sulfone groups is 1. The SMILES string of the molecule is CC(=O)NC(F)(F)F.O=S1(=O)c2ccccc21. The van der Waals surface area contributed by atoms with E-state index in [2.05, 4.69) is 0 Å². The molecule has 0 spiro atoms. The second-order valence-corrected chi connectivity index (χ2v) is 5.02. The Morgan fingerprint density at radius 2 is 1.59 bits per heavy atom. The lowest BCUT2D eigenvalue weighted by Gasteiger charge is -2.03. The fraction of sp³-hybridized carbons (Fsp3) is 0.222. The summed E-state index contributed by atoms with van der Waals surface area (Å²) >= 11 is 0. The van der Waals surface area contributed by atoms with Crippen LogP contribution in [-0.4, -0.2) is 20.6 Å². The van der Waals surface area contributed by atoms with E-state index >= 15 is 0 Å². The summed E-state index contributed by atoms with van der Waals surface area (Å²) in [5, 5.41) is 0.743. The van der Waals surface area contributed by atoms with Crippen molar-refractivity contribution in [2.45, 2.75) is 23.0 Å². The van der Waals surface area contributed by atoms with E-state index in [4.69, 9.17) is 0 Å². The first-order chi connectivity index (χ1) is 7.64. The van der Waals surface area contributed by atoms with Crippen LogP contribution in [-0.2, 0) is 14.6 Å². The summed E-state index contributed by atoms with van der Waals surface area (Å²) in [6.07, 6.45) is -4.58. The van der Waals surface area contributed by atoms with Crippen molar-refractivity contribution in [3.63, 3.8) is 0 Å². The highest BCUT2D eigenvalue weighted by Crippen LogP contribution is 2.38. The predicted octanol–water partition coefficient (Wildman–Crippen LogP) is 1.48. The van der Waals surface area contributed by atoms with Gasteiger partial charge in [0, 0.05) is 6.92 Å². The highest BCUT2D eigenvalue weighted by atomic mass is 32.2. The zero-order valence-corrected chi connectivity index (χ0v) is 9.39. The Labute approximate surface area is 95.4 Å². The molecule has 94 valence electrons. The molecule has 1 N–H and O–H groups in total. The Balaban J connectivity index is 0.000000172. The summed E-state index contributed by atoms with van der Waals surface area (Å²) in [7, 11) is -2.88. The fourth-order valence-corrected chi connectivity index (χ4v) is 2.35. The van der Waals surface area contributed by atoms with Gasteiger partial charge < -0.3 is 0 Å². The number of carbonyl (C=O) groups is 1. The molecule has 0 saturated carbocycles. The molecule has 17 heavy (non-hydrogen) atoms. The summed E-state index contributed by atoms with van der Waals surface area (Å²) in [5.74, 6) is -1.10. The van der Waals surface area contributed by atoms with Crippen LogP contribution in [0.2, 0.25) is 0 Å². The van der Waals surface area contributed by atoms with Gasteiger partial charge in [0.15, 0.2) is 0 Å². The summed E-state index contributed by atoms with van der Waals surface area (Å²) in [6.45, 7) is 0.799. The number of benzene rings is 1. The average molecular weight is 267 g/mol. The molecule has 0 unspecified atom stereocenters. The predicted molar refractivity (Wildman–Crippen MR) is 51.8 cm³/mol. The largest absolute Gasteiger partial charge is 0.484 e. The van der Waals surface area contributed by atoms with E-state index in [9.17, 15) is 26.4 Å². The van der Waals surface area contributed by atoms with Gasteiger partial charge >= 0.3 is 6.30 Å². The number of nitrogens with one attached hydrogen (secondary N) is 1. The first kappa shape index (κ1) is 13.5. The number of halogens is 3. The molecular formula is C9H8F3NO3S. The Bertz CT molecular complexity index is 508. The Kier molecular flexibility index (Phi) is 3.46. The van der Waals surface area contributed by atoms with Crippen molar-refractivity contribution in [1.29, 1.82) is 0 Å². The van der Waals surface area contributed by atoms with E-state index in [1.807, 2.05) is 0 Å². The molecule has 0 aromatic heterocycles. The van der Waals surface area contributed by atoms with Gasteiger partial charge in [-0.15, -0.1) is 0 Å². The zero-order valence-electron chi connectivity index (χ0n) is 8.58. The van der Waals surface area contributed by atoms with E-state index in [1.165, 1.54) is 0 Å². The minimum absolute atomic E-state index is 0.491. The van der Waals surface area contributed by atoms with Crippen molar-refractivity contribution in [2.24, 2.45) is 0 Å². The average Bonchev–Trinajstić information content (AvgIpc) is 2.67. The maximum Gasteiger partial charge on any atom is 0.484 e. The topological polar surface area (TPSA) is 63.2 Å². The highest BCUT2D eigenvalue weighted by molar-refractivity contribution is 7.97. The van der Waals surface area contributed by atoms with E-state index < -0.39 is 22.0 Å². The quantitative estimate of drug-likeness (QED) is 0.581. The molecule has 1 aliphatic heterocycles. The number of rotatable bonds is 0. The van der Waals surface area contributed by atoms with Gasteiger partial charge in [0.25, 0.3) is 0 Å². The molecule has 1 aliphatic rings. The van der Waals surface area contributed by atoms with Crippen LogP contribution >= 0.6 is 0 Å². The second kappa shape index (κ2) is 4.36. The van der Waals surface area contributed by atoms with Gasteiger partial charge in [-0.25, -0.2) is 8.42 Å². The van der Waals surface area contributed by atoms with Crippen molar-refractivity contribution in [3.8, 4) is 0 Å².